The van der Waals surface area contributed by atoms with E-state index in [9.17, 15) is 18.4 Å². The summed E-state index contributed by atoms with van der Waals surface area (Å²) in [5, 5.41) is 14.7. The highest BCUT2D eigenvalue weighted by atomic mass is 19.4. The van der Waals surface area contributed by atoms with Crippen molar-refractivity contribution in [3.8, 4) is 73.1 Å². The summed E-state index contributed by atoms with van der Waals surface area (Å²) in [5.41, 5.74) is 16.9. The van der Waals surface area contributed by atoms with Crippen molar-refractivity contribution >= 4 is 43.6 Å². The summed E-state index contributed by atoms with van der Waals surface area (Å²) in [7, 11) is 0. The van der Waals surface area contributed by atoms with Crippen molar-refractivity contribution in [3.63, 3.8) is 0 Å². The Bertz CT molecular complexity index is 4310. The van der Waals surface area contributed by atoms with Crippen LogP contribution in [-0.2, 0) is 12.4 Å². The van der Waals surface area contributed by atoms with E-state index < -0.39 is 29.0 Å². The van der Waals surface area contributed by atoms with Crippen molar-refractivity contribution in [3.05, 3.63) is 237 Å². The lowest BCUT2D eigenvalue weighted by Gasteiger charge is -2.21. The van der Waals surface area contributed by atoms with Gasteiger partial charge in [0, 0.05) is 27.1 Å². The minimum atomic E-state index is -5.22. The van der Waals surface area contributed by atoms with Crippen molar-refractivity contribution < 1.29 is 26.3 Å². The van der Waals surface area contributed by atoms with Crippen LogP contribution in [0.5, 0.6) is 0 Å². The number of hydrogen-bond acceptors (Lipinski definition) is 1. The van der Waals surface area contributed by atoms with E-state index in [-0.39, 0.29) is 17.2 Å². The first-order valence-electron chi connectivity index (χ1n) is 26.5. The Hall–Kier alpha value is -9.13. The first-order chi connectivity index (χ1) is 38.1. The maximum atomic E-state index is 15.4. The maximum absolute atomic E-state index is 15.4. The molecule has 0 saturated carbocycles. The number of nitriles is 1. The summed E-state index contributed by atoms with van der Waals surface area (Å²) >= 11 is 0. The van der Waals surface area contributed by atoms with Gasteiger partial charge in [0.15, 0.2) is 0 Å². The predicted molar refractivity (Wildman–Crippen MR) is 315 cm³/mol. The molecule has 0 amide bonds. The van der Waals surface area contributed by atoms with Crippen LogP contribution < -0.4 is 0 Å². The Kier molecular flexibility index (Phi) is 12.3. The lowest BCUT2D eigenvalue weighted by atomic mass is 9.92. The van der Waals surface area contributed by atoms with Gasteiger partial charge >= 0.3 is 12.4 Å². The molecular weight excluding hydrogens is 1010 g/mol. The molecule has 12 aromatic rings. The summed E-state index contributed by atoms with van der Waals surface area (Å²) in [6, 6.07) is 57.7. The fourth-order valence-electron chi connectivity index (χ4n) is 12.3. The van der Waals surface area contributed by atoms with Crippen molar-refractivity contribution in [2.75, 3.05) is 0 Å². The number of halogens is 6. The zero-order valence-electron chi connectivity index (χ0n) is 45.4. The molecule has 80 heavy (non-hydrogen) atoms. The van der Waals surface area contributed by atoms with Crippen LogP contribution in [0.3, 0.4) is 0 Å². The Morgan fingerprint density at radius 2 is 0.625 bits per heavy atom. The molecule has 10 aromatic carbocycles. The van der Waals surface area contributed by atoms with Crippen molar-refractivity contribution in [1.82, 2.24) is 9.13 Å². The Labute approximate surface area is 460 Å². The molecule has 0 aliphatic carbocycles. The van der Waals surface area contributed by atoms with Crippen molar-refractivity contribution in [1.29, 1.82) is 5.26 Å². The minimum Gasteiger partial charge on any atom is -0.307 e. The van der Waals surface area contributed by atoms with E-state index in [1.54, 1.807) is 12.1 Å². The van der Waals surface area contributed by atoms with Crippen molar-refractivity contribution in [2.24, 2.45) is 0 Å². The van der Waals surface area contributed by atoms with Gasteiger partial charge in [0.25, 0.3) is 0 Å². The second kappa shape index (κ2) is 19.1. The van der Waals surface area contributed by atoms with E-state index in [1.807, 2.05) is 28.8 Å². The van der Waals surface area contributed by atoms with Gasteiger partial charge in [-0.3, -0.25) is 0 Å². The molecule has 0 fully saturated rings. The van der Waals surface area contributed by atoms with Gasteiger partial charge < -0.3 is 9.13 Å². The summed E-state index contributed by atoms with van der Waals surface area (Å²) in [6.07, 6.45) is -10.3. The summed E-state index contributed by atoms with van der Waals surface area (Å²) < 4.78 is 93.1. The monoisotopic (exact) mass is 1060 g/mol. The van der Waals surface area contributed by atoms with Crippen molar-refractivity contribution in [2.45, 2.75) is 67.7 Å². The second-order valence-electron chi connectivity index (χ2n) is 21.9. The average molecular weight is 1060 g/mol. The molecule has 0 bridgehead atoms. The average Bonchev–Trinajstić information content (AvgIpc) is 4.14. The summed E-state index contributed by atoms with van der Waals surface area (Å²) in [4.78, 5) is 0. The molecule has 9 heteroatoms. The topological polar surface area (TPSA) is 33.6 Å². The van der Waals surface area contributed by atoms with Gasteiger partial charge in [0.1, 0.15) is 0 Å². The molecule has 2 aromatic heterocycles. The van der Waals surface area contributed by atoms with Gasteiger partial charge in [-0.25, -0.2) is 0 Å². The van der Waals surface area contributed by atoms with E-state index in [0.29, 0.717) is 17.4 Å². The van der Waals surface area contributed by atoms with Gasteiger partial charge in [-0.2, -0.15) is 31.6 Å². The van der Waals surface area contributed by atoms with E-state index in [0.717, 1.165) is 139 Å². The van der Waals surface area contributed by atoms with E-state index in [1.165, 1.54) is 0 Å². The Morgan fingerprint density at radius 3 is 0.912 bits per heavy atom. The molecule has 0 N–H and O–H groups in total. The first-order valence-corrected chi connectivity index (χ1v) is 26.5. The fraction of sp³-hybridized carbons (Fsp3) is 0.141. The lowest BCUT2D eigenvalue weighted by Crippen LogP contribution is -2.13. The SMILES string of the molecule is Cc1cc(C)cc(-c2ccc3c(c2)c2cc(-c4cc(C)cc(C)c4)ccc2n3-c2cc(C#N)c(-c3ccc(C(F)(F)F)cc3C(F)(F)F)cc2-n2c3ccc(-c4cc(C)cc(C)c4)cc3c3cc(-c4cc(C)cc(C)c4)ccc32)c1. The first kappa shape index (κ1) is 51.6. The third-order valence-corrected chi connectivity index (χ3v) is 15.4. The number of alkyl halides is 6. The highest BCUT2D eigenvalue weighted by Crippen LogP contribution is 2.47. The van der Waals surface area contributed by atoms with Crippen LogP contribution in [0.15, 0.2) is 176 Å². The van der Waals surface area contributed by atoms with Crippen LogP contribution in [0.1, 0.15) is 61.2 Å². The predicted octanol–water partition coefficient (Wildman–Crippen LogP) is 20.6. The normalized spacial score (nSPS) is 12.1. The number of rotatable bonds is 7. The third kappa shape index (κ3) is 9.18. The molecule has 0 radical (unpaired) electrons. The van der Waals surface area contributed by atoms with Crippen LogP contribution in [0, 0.1) is 66.7 Å². The number of aromatic nitrogens is 2. The second-order valence-corrected chi connectivity index (χ2v) is 21.9. The van der Waals surface area contributed by atoms with E-state index in [4.69, 9.17) is 0 Å². The van der Waals surface area contributed by atoms with Crippen LogP contribution in [0.25, 0.3) is 111 Å². The standard InChI is InChI=1S/C71H53F6N3/c1-39-19-40(2)24-51(23-39)47-9-15-64-59(31-47)60-32-48(52-25-41(3)20-42(4)26-52)10-16-65(60)79(64)68-35-55(38-78)58(57-14-13-56(70(72,73)74)36-63(57)71(75,76)77)37-69(68)80-66-17-11-49(53-27-43(5)21-44(6)28-53)33-61(66)62-34-50(12-18-67(62)80)54-29-45(7)22-46(8)30-54/h9-37H,1-8H3. The van der Waals surface area contributed by atoms with Gasteiger partial charge in [-0.1, -0.05) is 148 Å². The fourth-order valence-corrected chi connectivity index (χ4v) is 12.3. The number of aryl methyl sites for hydroxylation is 8. The van der Waals surface area contributed by atoms with Gasteiger partial charge in [0.05, 0.1) is 56.2 Å². The highest BCUT2D eigenvalue weighted by molar-refractivity contribution is 6.14. The molecule has 0 aliphatic rings. The zero-order chi connectivity index (χ0) is 56.3. The molecule has 0 saturated heterocycles. The maximum Gasteiger partial charge on any atom is 0.417 e. The van der Waals surface area contributed by atoms with Crippen LogP contribution in [0.2, 0.25) is 0 Å². The van der Waals surface area contributed by atoms with E-state index >= 15 is 13.2 Å². The Balaban J connectivity index is 1.23. The van der Waals surface area contributed by atoms with Crippen LogP contribution >= 0.6 is 0 Å². The molecule has 0 spiro atoms. The molecule has 12 rings (SSSR count). The molecule has 0 unspecified atom stereocenters. The smallest absolute Gasteiger partial charge is 0.307 e. The zero-order valence-corrected chi connectivity index (χ0v) is 45.4. The molecule has 3 nitrogen and oxygen atoms in total. The van der Waals surface area contributed by atoms with E-state index in [2.05, 4.69) is 187 Å². The molecular formula is C71H53F6N3. The molecule has 394 valence electrons. The molecule has 0 aliphatic heterocycles. The van der Waals surface area contributed by atoms with Gasteiger partial charge in [-0.15, -0.1) is 0 Å². The van der Waals surface area contributed by atoms with Crippen LogP contribution in [-0.4, -0.2) is 9.13 Å². The summed E-state index contributed by atoms with van der Waals surface area (Å²) in [6.45, 7) is 16.5. The number of nitrogens with zero attached hydrogens (tertiary/aromatic N) is 3. The number of benzene rings is 10. The highest BCUT2D eigenvalue weighted by Gasteiger charge is 2.39. The van der Waals surface area contributed by atoms with Gasteiger partial charge in [0.2, 0.25) is 0 Å². The summed E-state index contributed by atoms with van der Waals surface area (Å²) in [5.74, 6) is 0. The van der Waals surface area contributed by atoms with Gasteiger partial charge in [-0.05, 0) is 178 Å². The van der Waals surface area contributed by atoms with Crippen LogP contribution in [0.4, 0.5) is 26.3 Å². The number of hydrogen-bond donors (Lipinski definition) is 0. The molecule has 2 heterocycles. The Morgan fingerprint density at radius 1 is 0.312 bits per heavy atom. The number of fused-ring (bicyclic) bond motifs is 6. The minimum absolute atomic E-state index is 0.140. The molecule has 0 atom stereocenters. The lowest BCUT2D eigenvalue weighted by molar-refractivity contribution is -0.142. The largest absolute Gasteiger partial charge is 0.417 e. The third-order valence-electron chi connectivity index (χ3n) is 15.4. The quantitative estimate of drug-likeness (QED) is 0.146.